The van der Waals surface area contributed by atoms with Gasteiger partial charge in [0.2, 0.25) is 5.91 Å². The number of benzene rings is 2. The molecule has 0 bridgehead atoms. The van der Waals surface area contributed by atoms with Crippen LogP contribution in [0.25, 0.3) is 22.0 Å². The lowest BCUT2D eigenvalue weighted by Crippen LogP contribution is -2.05. The predicted octanol–water partition coefficient (Wildman–Crippen LogP) is 5.00. The second kappa shape index (κ2) is 7.25. The lowest BCUT2D eigenvalue weighted by Gasteiger charge is -2.11. The van der Waals surface area contributed by atoms with Gasteiger partial charge in [0.05, 0.1) is 5.52 Å². The fourth-order valence-electron chi connectivity index (χ4n) is 2.97. The summed E-state index contributed by atoms with van der Waals surface area (Å²) >= 11 is 0. The number of carbonyl (C=O) groups excluding carboxylic acids is 1. The second-order valence-corrected chi connectivity index (χ2v) is 6.20. The number of rotatable bonds is 4. The van der Waals surface area contributed by atoms with Crippen LogP contribution in [0.1, 0.15) is 6.92 Å². The Bertz CT molecular complexity index is 1110. The molecular weight excluding hydrogens is 336 g/mol. The van der Waals surface area contributed by atoms with Crippen LogP contribution in [-0.2, 0) is 4.79 Å². The minimum Gasteiger partial charge on any atom is -0.340 e. The largest absolute Gasteiger partial charge is 0.340 e. The molecule has 0 radical (unpaired) electrons. The first-order valence-corrected chi connectivity index (χ1v) is 8.64. The number of hydrogen-bond donors (Lipinski definition) is 2. The van der Waals surface area contributed by atoms with Crippen molar-refractivity contribution in [1.82, 2.24) is 9.97 Å². The van der Waals surface area contributed by atoms with Crippen molar-refractivity contribution in [1.29, 1.82) is 0 Å². The van der Waals surface area contributed by atoms with Crippen LogP contribution < -0.4 is 10.6 Å². The third-order valence-electron chi connectivity index (χ3n) is 4.17. The molecule has 0 unspecified atom stereocenters. The lowest BCUT2D eigenvalue weighted by atomic mass is 10.0. The van der Waals surface area contributed by atoms with Gasteiger partial charge in [0.1, 0.15) is 5.82 Å². The van der Waals surface area contributed by atoms with E-state index in [1.165, 1.54) is 6.92 Å². The van der Waals surface area contributed by atoms with Gasteiger partial charge in [-0.25, -0.2) is 4.98 Å². The minimum absolute atomic E-state index is 0.0920. The molecule has 5 nitrogen and oxygen atoms in total. The van der Waals surface area contributed by atoms with Gasteiger partial charge in [0.15, 0.2) is 0 Å². The van der Waals surface area contributed by atoms with E-state index >= 15 is 0 Å². The molecule has 0 spiro atoms. The number of nitrogens with zero attached hydrogens (tertiary/aromatic N) is 2. The summed E-state index contributed by atoms with van der Waals surface area (Å²) in [6.45, 7) is 1.50. The van der Waals surface area contributed by atoms with E-state index in [9.17, 15) is 4.79 Å². The molecule has 2 aromatic carbocycles. The van der Waals surface area contributed by atoms with E-state index in [0.717, 1.165) is 39.2 Å². The number of pyridine rings is 2. The second-order valence-electron chi connectivity index (χ2n) is 6.20. The molecule has 5 heteroatoms. The Labute approximate surface area is 157 Å². The zero-order chi connectivity index (χ0) is 18.6. The highest BCUT2D eigenvalue weighted by atomic mass is 16.1. The van der Waals surface area contributed by atoms with Gasteiger partial charge in [-0.3, -0.25) is 9.78 Å². The number of hydrogen-bond acceptors (Lipinski definition) is 4. The Morgan fingerprint density at radius 2 is 1.78 bits per heavy atom. The number of aromatic nitrogens is 2. The van der Waals surface area contributed by atoms with E-state index in [4.69, 9.17) is 0 Å². The number of fused-ring (bicyclic) bond motifs is 1. The molecule has 2 aromatic heterocycles. The van der Waals surface area contributed by atoms with Crippen LogP contribution in [0.2, 0.25) is 0 Å². The lowest BCUT2D eigenvalue weighted by molar-refractivity contribution is -0.114. The molecular formula is C22H18N4O. The third kappa shape index (κ3) is 3.77. The molecule has 4 rings (SSSR count). The van der Waals surface area contributed by atoms with E-state index in [1.807, 2.05) is 66.9 Å². The van der Waals surface area contributed by atoms with Gasteiger partial charge in [0, 0.05) is 41.6 Å². The standard InChI is InChI=1S/C22H18N4O/c1-15(27)25-18-7-4-6-16(12-18)17-13-19-20(24-14-17)8-5-9-21(19)26-22-10-2-3-11-23-22/h2-14H,1H3,(H,23,26)(H,25,27). The van der Waals surface area contributed by atoms with Gasteiger partial charge in [0.25, 0.3) is 0 Å². The fraction of sp³-hybridized carbons (Fsp3) is 0.0455. The molecule has 4 aromatic rings. The minimum atomic E-state index is -0.0920. The molecule has 1 amide bonds. The highest BCUT2D eigenvalue weighted by Gasteiger charge is 2.07. The quantitative estimate of drug-likeness (QED) is 0.541. The zero-order valence-electron chi connectivity index (χ0n) is 14.8. The molecule has 27 heavy (non-hydrogen) atoms. The summed E-state index contributed by atoms with van der Waals surface area (Å²) in [7, 11) is 0. The average molecular weight is 354 g/mol. The summed E-state index contributed by atoms with van der Waals surface area (Å²) in [6, 6.07) is 21.5. The first-order chi connectivity index (χ1) is 13.2. The Morgan fingerprint density at radius 3 is 2.59 bits per heavy atom. The summed E-state index contributed by atoms with van der Waals surface area (Å²) in [6.07, 6.45) is 3.60. The number of amides is 1. The summed E-state index contributed by atoms with van der Waals surface area (Å²) in [5.74, 6) is 0.689. The molecule has 2 N–H and O–H groups in total. The number of nitrogens with one attached hydrogen (secondary N) is 2. The molecule has 0 aliphatic rings. The Balaban J connectivity index is 1.75. The van der Waals surface area contributed by atoms with Crippen molar-refractivity contribution in [2.75, 3.05) is 10.6 Å². The van der Waals surface area contributed by atoms with Gasteiger partial charge < -0.3 is 10.6 Å². The van der Waals surface area contributed by atoms with Crippen LogP contribution in [0.3, 0.4) is 0 Å². The maximum atomic E-state index is 11.3. The maximum Gasteiger partial charge on any atom is 0.221 e. The molecule has 0 aliphatic carbocycles. The molecule has 0 saturated heterocycles. The summed E-state index contributed by atoms with van der Waals surface area (Å²) in [5, 5.41) is 7.18. The van der Waals surface area contributed by atoms with Crippen molar-refractivity contribution in [2.45, 2.75) is 6.92 Å². The van der Waals surface area contributed by atoms with Crippen LogP contribution >= 0.6 is 0 Å². The zero-order valence-corrected chi connectivity index (χ0v) is 14.8. The molecule has 2 heterocycles. The highest BCUT2D eigenvalue weighted by molar-refractivity contribution is 5.95. The third-order valence-corrected chi connectivity index (χ3v) is 4.17. The predicted molar refractivity (Wildman–Crippen MR) is 109 cm³/mol. The molecule has 0 aliphatic heterocycles. The van der Waals surface area contributed by atoms with E-state index in [-0.39, 0.29) is 5.91 Å². The number of carbonyl (C=O) groups is 1. The normalized spacial score (nSPS) is 10.6. The van der Waals surface area contributed by atoms with Crippen LogP contribution in [0.4, 0.5) is 17.2 Å². The van der Waals surface area contributed by atoms with Crippen molar-refractivity contribution in [3.63, 3.8) is 0 Å². The van der Waals surface area contributed by atoms with Gasteiger partial charge in [-0.1, -0.05) is 24.3 Å². The summed E-state index contributed by atoms with van der Waals surface area (Å²) in [5.41, 5.74) is 4.57. The van der Waals surface area contributed by atoms with Gasteiger partial charge in [-0.2, -0.15) is 0 Å². The molecule has 0 atom stereocenters. The first-order valence-electron chi connectivity index (χ1n) is 8.64. The van der Waals surface area contributed by atoms with Crippen molar-refractivity contribution in [3.8, 4) is 11.1 Å². The first kappa shape index (κ1) is 16.7. The average Bonchev–Trinajstić information content (AvgIpc) is 2.68. The topological polar surface area (TPSA) is 66.9 Å². The van der Waals surface area contributed by atoms with Crippen LogP contribution in [0, 0.1) is 0 Å². The Morgan fingerprint density at radius 1 is 0.889 bits per heavy atom. The monoisotopic (exact) mass is 354 g/mol. The van der Waals surface area contributed by atoms with E-state index in [1.54, 1.807) is 6.20 Å². The maximum absolute atomic E-state index is 11.3. The van der Waals surface area contributed by atoms with E-state index in [0.29, 0.717) is 0 Å². The smallest absolute Gasteiger partial charge is 0.221 e. The Hall–Kier alpha value is -3.73. The van der Waals surface area contributed by atoms with Crippen molar-refractivity contribution in [3.05, 3.63) is 79.1 Å². The summed E-state index contributed by atoms with van der Waals surface area (Å²) < 4.78 is 0. The van der Waals surface area contributed by atoms with Crippen LogP contribution in [0.15, 0.2) is 79.1 Å². The molecule has 0 saturated carbocycles. The van der Waals surface area contributed by atoms with E-state index in [2.05, 4.69) is 26.7 Å². The molecule has 132 valence electrons. The highest BCUT2D eigenvalue weighted by Crippen LogP contribution is 2.30. The van der Waals surface area contributed by atoms with Crippen molar-refractivity contribution in [2.24, 2.45) is 0 Å². The van der Waals surface area contributed by atoms with Gasteiger partial charge in [-0.05, 0) is 48.0 Å². The van der Waals surface area contributed by atoms with Crippen molar-refractivity contribution >= 4 is 34.0 Å². The van der Waals surface area contributed by atoms with Crippen LogP contribution in [0.5, 0.6) is 0 Å². The number of anilines is 3. The SMILES string of the molecule is CC(=O)Nc1cccc(-c2cnc3cccc(Nc4ccccn4)c3c2)c1. The van der Waals surface area contributed by atoms with E-state index < -0.39 is 0 Å². The van der Waals surface area contributed by atoms with Crippen molar-refractivity contribution < 1.29 is 4.79 Å². The van der Waals surface area contributed by atoms with Crippen LogP contribution in [-0.4, -0.2) is 15.9 Å². The van der Waals surface area contributed by atoms with Gasteiger partial charge >= 0.3 is 0 Å². The van der Waals surface area contributed by atoms with Gasteiger partial charge in [-0.15, -0.1) is 0 Å². The molecule has 0 fully saturated rings. The fourth-order valence-corrected chi connectivity index (χ4v) is 2.97. The summed E-state index contributed by atoms with van der Waals surface area (Å²) in [4.78, 5) is 20.2. The Kier molecular flexibility index (Phi) is 4.49.